The van der Waals surface area contributed by atoms with E-state index in [9.17, 15) is 10.1 Å². The Labute approximate surface area is 254 Å². The number of carbonyl (C=O) groups excluding carboxylic acids is 1. The molecule has 6 N–H and O–H groups in total. The van der Waals surface area contributed by atoms with Crippen LogP contribution in [0.1, 0.15) is 43.5 Å². The van der Waals surface area contributed by atoms with Crippen LogP contribution in [0.3, 0.4) is 0 Å². The summed E-state index contributed by atoms with van der Waals surface area (Å²) in [5.41, 5.74) is 6.88. The summed E-state index contributed by atoms with van der Waals surface area (Å²) in [6, 6.07) is 6.00. The van der Waals surface area contributed by atoms with E-state index < -0.39 is 22.6 Å². The zero-order chi connectivity index (χ0) is 31.4. The van der Waals surface area contributed by atoms with Gasteiger partial charge in [0, 0.05) is 51.5 Å². The topological polar surface area (TPSA) is 169 Å². The first-order chi connectivity index (χ1) is 21.1. The zero-order valence-electron chi connectivity index (χ0n) is 24.5. The van der Waals surface area contributed by atoms with E-state index >= 15 is 8.78 Å². The van der Waals surface area contributed by atoms with Gasteiger partial charge < -0.3 is 36.4 Å². The van der Waals surface area contributed by atoms with Gasteiger partial charge in [0.15, 0.2) is 0 Å². The molecule has 0 bridgehead atoms. The van der Waals surface area contributed by atoms with Crippen molar-refractivity contribution in [3.63, 3.8) is 0 Å². The minimum absolute atomic E-state index is 0.109. The van der Waals surface area contributed by atoms with Crippen molar-refractivity contribution in [3.05, 3.63) is 71.3 Å². The summed E-state index contributed by atoms with van der Waals surface area (Å²) in [5.74, 6) is -1.40. The molecule has 0 radical (unpaired) electrons. The number of nitrogens with two attached hydrogens (primary N) is 1. The average molecular weight is 604 g/mol. The lowest BCUT2D eigenvalue weighted by molar-refractivity contribution is -0.120. The van der Waals surface area contributed by atoms with Crippen LogP contribution < -0.4 is 21.3 Å². The van der Waals surface area contributed by atoms with Crippen molar-refractivity contribution < 1.29 is 18.3 Å². The van der Waals surface area contributed by atoms with Gasteiger partial charge in [-0.15, -0.1) is 0 Å². The number of allylic oxidation sites excluding steroid dienone is 1. The molecule has 11 nitrogen and oxygen atoms in total. The highest BCUT2D eigenvalue weighted by Gasteiger charge is 2.36. The van der Waals surface area contributed by atoms with Crippen LogP contribution in [-0.4, -0.2) is 65.0 Å². The van der Waals surface area contributed by atoms with E-state index in [-0.39, 0.29) is 35.2 Å². The van der Waals surface area contributed by atoms with Gasteiger partial charge in [0.1, 0.15) is 11.6 Å². The van der Waals surface area contributed by atoms with Crippen molar-refractivity contribution in [2.75, 3.05) is 36.5 Å². The van der Waals surface area contributed by atoms with Crippen LogP contribution in [0, 0.1) is 34.3 Å². The third-order valence-electron chi connectivity index (χ3n) is 8.23. The Morgan fingerprint density at radius 3 is 2.66 bits per heavy atom. The number of carbonyl (C=O) groups is 1. The van der Waals surface area contributed by atoms with E-state index in [4.69, 9.17) is 15.9 Å². The van der Waals surface area contributed by atoms with Gasteiger partial charge in [-0.25, -0.2) is 13.8 Å². The highest BCUT2D eigenvalue weighted by molar-refractivity contribution is 6.09. The molecule has 44 heavy (non-hydrogen) atoms. The van der Waals surface area contributed by atoms with Gasteiger partial charge in [0.25, 0.3) is 0 Å². The lowest BCUT2D eigenvalue weighted by atomic mass is 9.75. The molecule has 2 fully saturated rings. The Kier molecular flexibility index (Phi) is 9.03. The molecule has 13 heteroatoms. The van der Waals surface area contributed by atoms with Crippen molar-refractivity contribution in [1.82, 2.24) is 20.3 Å². The summed E-state index contributed by atoms with van der Waals surface area (Å²) in [6.45, 7) is 5.41. The van der Waals surface area contributed by atoms with Crippen LogP contribution in [0.25, 0.3) is 6.08 Å². The molecule has 1 aromatic carbocycles. The van der Waals surface area contributed by atoms with Crippen LogP contribution in [-0.2, 0) is 14.9 Å². The Morgan fingerprint density at radius 1 is 1.27 bits per heavy atom. The Morgan fingerprint density at radius 2 is 2.00 bits per heavy atom. The molecule has 2 aliphatic heterocycles. The molecule has 1 amide bonds. The van der Waals surface area contributed by atoms with Gasteiger partial charge in [-0.1, -0.05) is 6.92 Å². The van der Waals surface area contributed by atoms with E-state index in [1.807, 2.05) is 13.0 Å². The number of H-pyrrole nitrogens is 1. The standard InChI is InChI=1S/C31H35F2N9O2/c1-18-15-42(16-25(36)29(18)39-19(2)43)27-5-8-37-14-26(27)41-30-38-13-21(40-30)3-4-24(35)28-22(32)11-20(12-23(28)33)31(17-34)6-9-44-10-7-31/h3-5,8,11-14,18,25,29,35H,6-7,9-10,15-16,36H2,1-2H3,(H,39,43)(H2,38,40,41)/b4-3-,35-24?. The molecule has 3 atom stereocenters. The fraction of sp³-hybridized carbons (Fsp3) is 0.387. The number of aromatic nitrogens is 3. The van der Waals surface area contributed by atoms with Crippen LogP contribution in [0.5, 0.6) is 0 Å². The van der Waals surface area contributed by atoms with Gasteiger partial charge in [0.05, 0.1) is 52.2 Å². The summed E-state index contributed by atoms with van der Waals surface area (Å²) in [4.78, 5) is 25.4. The number of benzene rings is 1. The first kappa shape index (κ1) is 30.8. The Hall–Kier alpha value is -4.67. The number of nitrogens with zero attached hydrogens (tertiary/aromatic N) is 4. The van der Waals surface area contributed by atoms with Gasteiger partial charge in [0.2, 0.25) is 11.9 Å². The Bertz CT molecular complexity index is 1570. The normalized spacial score (nSPS) is 21.5. The Balaban J connectivity index is 1.28. The predicted molar refractivity (Wildman–Crippen MR) is 163 cm³/mol. The number of piperidine rings is 1. The van der Waals surface area contributed by atoms with Crippen LogP contribution in [0.4, 0.5) is 26.1 Å². The third-order valence-corrected chi connectivity index (χ3v) is 8.23. The summed E-state index contributed by atoms with van der Waals surface area (Å²) in [5, 5.41) is 24.3. The molecule has 4 heterocycles. The number of halogens is 2. The number of imidazole rings is 1. The molecule has 230 valence electrons. The second kappa shape index (κ2) is 12.9. The average Bonchev–Trinajstić information content (AvgIpc) is 3.45. The third kappa shape index (κ3) is 6.46. The number of pyridine rings is 1. The van der Waals surface area contributed by atoms with Gasteiger partial charge in [-0.3, -0.25) is 9.78 Å². The molecule has 2 aromatic heterocycles. The highest BCUT2D eigenvalue weighted by Crippen LogP contribution is 2.36. The number of anilines is 3. The summed E-state index contributed by atoms with van der Waals surface area (Å²) >= 11 is 0. The maximum absolute atomic E-state index is 15.1. The van der Waals surface area contributed by atoms with E-state index in [1.165, 1.54) is 25.3 Å². The zero-order valence-corrected chi connectivity index (χ0v) is 24.5. The second-order valence-corrected chi connectivity index (χ2v) is 11.3. The summed E-state index contributed by atoms with van der Waals surface area (Å²) in [7, 11) is 0. The number of hydrogen-bond acceptors (Lipinski definition) is 9. The number of hydrogen-bond donors (Lipinski definition) is 5. The first-order valence-electron chi connectivity index (χ1n) is 14.4. The van der Waals surface area contributed by atoms with Crippen molar-refractivity contribution >= 4 is 35.0 Å². The van der Waals surface area contributed by atoms with Crippen LogP contribution in [0.2, 0.25) is 0 Å². The molecule has 3 aromatic rings. The minimum atomic E-state index is -1.02. The molecule has 2 aliphatic rings. The number of nitriles is 1. The molecule has 0 aliphatic carbocycles. The fourth-order valence-electron chi connectivity index (χ4n) is 5.92. The lowest BCUT2D eigenvalue weighted by Crippen LogP contribution is -2.61. The molecular formula is C31H35F2N9O2. The van der Waals surface area contributed by atoms with Crippen molar-refractivity contribution in [1.29, 1.82) is 10.7 Å². The largest absolute Gasteiger partial charge is 0.381 e. The molecule has 2 saturated heterocycles. The number of amides is 1. The molecule has 3 unspecified atom stereocenters. The van der Waals surface area contributed by atoms with Crippen molar-refractivity contribution in [2.45, 2.75) is 44.2 Å². The fourth-order valence-corrected chi connectivity index (χ4v) is 5.92. The van der Waals surface area contributed by atoms with Gasteiger partial charge in [-0.2, -0.15) is 5.26 Å². The highest BCUT2D eigenvalue weighted by atomic mass is 19.1. The smallest absolute Gasteiger partial charge is 0.217 e. The van der Waals surface area contributed by atoms with Crippen molar-refractivity contribution in [3.8, 4) is 6.07 Å². The summed E-state index contributed by atoms with van der Waals surface area (Å²) in [6.07, 6.45) is 8.36. The van der Waals surface area contributed by atoms with E-state index in [2.05, 4.69) is 36.6 Å². The number of rotatable bonds is 8. The number of aromatic amines is 1. The molecule has 0 spiro atoms. The molecule has 0 saturated carbocycles. The van der Waals surface area contributed by atoms with Gasteiger partial charge in [-0.05, 0) is 54.7 Å². The SMILES string of the molecule is CC(=O)NC1C(C)CN(c2ccncc2Nc2ncc(/C=C\C(=N)c3c(F)cc(C4(C#N)CCOCC4)cc3F)[nH]2)CC1N. The molecular weight excluding hydrogens is 568 g/mol. The minimum Gasteiger partial charge on any atom is -0.381 e. The lowest BCUT2D eigenvalue weighted by Gasteiger charge is -2.42. The quantitative estimate of drug-likeness (QED) is 0.243. The maximum atomic E-state index is 15.1. The van der Waals surface area contributed by atoms with Crippen molar-refractivity contribution in [2.24, 2.45) is 11.7 Å². The number of nitrogens with one attached hydrogen (secondary N) is 4. The van der Waals surface area contributed by atoms with E-state index in [0.29, 0.717) is 56.5 Å². The molecule has 5 rings (SSSR count). The van der Waals surface area contributed by atoms with Crippen LogP contribution in [0.15, 0.2) is 42.9 Å². The number of ether oxygens (including phenoxy) is 1. The maximum Gasteiger partial charge on any atom is 0.217 e. The van der Waals surface area contributed by atoms with E-state index in [0.717, 1.165) is 17.8 Å². The predicted octanol–water partition coefficient (Wildman–Crippen LogP) is 3.77. The first-order valence-corrected chi connectivity index (χ1v) is 14.4. The van der Waals surface area contributed by atoms with Crippen LogP contribution >= 0.6 is 0 Å². The summed E-state index contributed by atoms with van der Waals surface area (Å²) < 4.78 is 35.5. The van der Waals surface area contributed by atoms with E-state index in [1.54, 1.807) is 12.4 Å². The van der Waals surface area contributed by atoms with Gasteiger partial charge >= 0.3 is 0 Å². The monoisotopic (exact) mass is 603 g/mol. The second-order valence-electron chi connectivity index (χ2n) is 11.3.